The van der Waals surface area contributed by atoms with Gasteiger partial charge in [0.15, 0.2) is 11.5 Å². The van der Waals surface area contributed by atoms with Crippen molar-refractivity contribution < 1.29 is 14.0 Å². The number of hydrogen-bond donors (Lipinski definition) is 1. The number of aromatic nitrogens is 3. The van der Waals surface area contributed by atoms with Crippen LogP contribution in [0.2, 0.25) is 0 Å². The second-order valence-corrected chi connectivity index (χ2v) is 6.42. The van der Waals surface area contributed by atoms with Gasteiger partial charge in [0.05, 0.1) is 30.5 Å². The number of anilines is 1. The molecule has 0 aromatic carbocycles. The Morgan fingerprint density at radius 1 is 1.22 bits per heavy atom. The van der Waals surface area contributed by atoms with Gasteiger partial charge in [-0.1, -0.05) is 0 Å². The first-order chi connectivity index (χ1) is 13.1. The highest BCUT2D eigenvalue weighted by Gasteiger charge is 2.27. The van der Waals surface area contributed by atoms with Crippen molar-refractivity contribution in [2.75, 3.05) is 11.9 Å². The lowest BCUT2D eigenvalue weighted by Crippen LogP contribution is -2.31. The standard InChI is InChI=1S/C19H19N5O3/c1-13-5-6-16(27-13)19(26)23-8-3-9-24-12-21-17(15(24)11-23)18(25)22-14-4-2-7-20-10-14/h2,4-7,10,12H,3,8-9,11H2,1H3,(H,22,25). The number of hydrogen-bond acceptors (Lipinski definition) is 5. The van der Waals surface area contributed by atoms with Gasteiger partial charge in [-0.25, -0.2) is 4.98 Å². The fourth-order valence-corrected chi connectivity index (χ4v) is 3.15. The molecule has 0 bridgehead atoms. The monoisotopic (exact) mass is 365 g/mol. The number of furan rings is 1. The van der Waals surface area contributed by atoms with Crippen molar-refractivity contribution in [1.82, 2.24) is 19.4 Å². The molecule has 0 saturated carbocycles. The minimum absolute atomic E-state index is 0.184. The van der Waals surface area contributed by atoms with E-state index in [4.69, 9.17) is 4.42 Å². The first kappa shape index (κ1) is 17.0. The van der Waals surface area contributed by atoms with Crippen LogP contribution in [0.3, 0.4) is 0 Å². The number of aryl methyl sites for hydroxylation is 2. The molecule has 3 aromatic rings. The van der Waals surface area contributed by atoms with Crippen LogP contribution in [0.25, 0.3) is 0 Å². The Morgan fingerprint density at radius 3 is 2.85 bits per heavy atom. The quantitative estimate of drug-likeness (QED) is 0.770. The van der Waals surface area contributed by atoms with Gasteiger partial charge in [0.1, 0.15) is 5.76 Å². The summed E-state index contributed by atoms with van der Waals surface area (Å²) in [6, 6.07) is 6.95. The second-order valence-electron chi connectivity index (χ2n) is 6.42. The number of amides is 2. The maximum atomic E-state index is 12.8. The zero-order valence-electron chi connectivity index (χ0n) is 14.9. The van der Waals surface area contributed by atoms with E-state index in [-0.39, 0.29) is 11.8 Å². The van der Waals surface area contributed by atoms with Gasteiger partial charge in [-0.15, -0.1) is 0 Å². The van der Waals surface area contributed by atoms with Crippen LogP contribution < -0.4 is 5.32 Å². The molecule has 0 radical (unpaired) electrons. The summed E-state index contributed by atoms with van der Waals surface area (Å²) in [5, 5.41) is 2.79. The highest BCUT2D eigenvalue weighted by atomic mass is 16.3. The molecule has 8 nitrogen and oxygen atoms in total. The first-order valence-electron chi connectivity index (χ1n) is 8.73. The Balaban J connectivity index is 1.57. The number of carbonyl (C=O) groups excluding carboxylic acids is 2. The van der Waals surface area contributed by atoms with Crippen LogP contribution in [-0.2, 0) is 13.1 Å². The van der Waals surface area contributed by atoms with Crippen LogP contribution in [0.1, 0.15) is 38.9 Å². The molecule has 2 amide bonds. The zero-order chi connectivity index (χ0) is 18.8. The minimum Gasteiger partial charge on any atom is -0.456 e. The largest absolute Gasteiger partial charge is 0.456 e. The number of carbonyl (C=O) groups is 2. The zero-order valence-corrected chi connectivity index (χ0v) is 14.9. The first-order valence-corrected chi connectivity index (χ1v) is 8.73. The summed E-state index contributed by atoms with van der Waals surface area (Å²) < 4.78 is 7.40. The van der Waals surface area contributed by atoms with E-state index in [0.717, 1.165) is 6.42 Å². The van der Waals surface area contributed by atoms with Crippen LogP contribution in [0.5, 0.6) is 0 Å². The van der Waals surface area contributed by atoms with Crippen molar-refractivity contribution in [2.24, 2.45) is 0 Å². The third-order valence-electron chi connectivity index (χ3n) is 4.49. The van der Waals surface area contributed by atoms with Crippen molar-refractivity contribution in [3.63, 3.8) is 0 Å². The third-order valence-corrected chi connectivity index (χ3v) is 4.49. The molecular formula is C19H19N5O3. The molecule has 0 spiro atoms. The predicted octanol–water partition coefficient (Wildman–Crippen LogP) is 2.48. The number of nitrogens with zero attached hydrogens (tertiary/aromatic N) is 4. The number of rotatable bonds is 3. The van der Waals surface area contributed by atoms with E-state index < -0.39 is 0 Å². The van der Waals surface area contributed by atoms with Crippen molar-refractivity contribution in [1.29, 1.82) is 0 Å². The van der Waals surface area contributed by atoms with Crippen LogP contribution in [0, 0.1) is 6.92 Å². The van der Waals surface area contributed by atoms with Gasteiger partial charge in [-0.3, -0.25) is 14.6 Å². The van der Waals surface area contributed by atoms with Crippen LogP contribution in [0.15, 0.2) is 47.4 Å². The van der Waals surface area contributed by atoms with E-state index in [1.54, 1.807) is 54.8 Å². The highest BCUT2D eigenvalue weighted by Crippen LogP contribution is 2.20. The lowest BCUT2D eigenvalue weighted by molar-refractivity contribution is 0.0710. The molecule has 4 rings (SSSR count). The number of pyridine rings is 1. The van der Waals surface area contributed by atoms with E-state index in [2.05, 4.69) is 15.3 Å². The van der Waals surface area contributed by atoms with Crippen molar-refractivity contribution in [3.8, 4) is 0 Å². The van der Waals surface area contributed by atoms with Crippen LogP contribution in [-0.4, -0.2) is 37.8 Å². The van der Waals surface area contributed by atoms with E-state index in [0.29, 0.717) is 48.2 Å². The molecule has 0 fully saturated rings. The maximum absolute atomic E-state index is 12.8. The van der Waals surface area contributed by atoms with Gasteiger partial charge in [-0.2, -0.15) is 0 Å². The Hall–Kier alpha value is -3.42. The van der Waals surface area contributed by atoms with E-state index in [1.807, 2.05) is 4.57 Å². The van der Waals surface area contributed by atoms with Gasteiger partial charge in [0.25, 0.3) is 11.8 Å². The summed E-state index contributed by atoms with van der Waals surface area (Å²) in [6.45, 7) is 3.39. The number of fused-ring (bicyclic) bond motifs is 1. The molecule has 1 aliphatic rings. The average Bonchev–Trinajstić information content (AvgIpc) is 3.22. The fourth-order valence-electron chi connectivity index (χ4n) is 3.15. The molecule has 8 heteroatoms. The fraction of sp³-hybridized carbons (Fsp3) is 0.263. The molecule has 27 heavy (non-hydrogen) atoms. The second kappa shape index (κ2) is 7.06. The lowest BCUT2D eigenvalue weighted by Gasteiger charge is -2.19. The highest BCUT2D eigenvalue weighted by molar-refractivity contribution is 6.03. The third kappa shape index (κ3) is 3.46. The molecule has 0 saturated heterocycles. The van der Waals surface area contributed by atoms with Crippen molar-refractivity contribution >= 4 is 17.5 Å². The predicted molar refractivity (Wildman–Crippen MR) is 97.2 cm³/mol. The summed E-state index contributed by atoms with van der Waals surface area (Å²) in [5.41, 5.74) is 1.62. The molecule has 4 heterocycles. The summed E-state index contributed by atoms with van der Waals surface area (Å²) in [6.07, 6.45) is 5.64. The Labute approximate surface area is 155 Å². The Bertz CT molecular complexity index is 976. The minimum atomic E-state index is -0.320. The molecule has 0 aliphatic carbocycles. The lowest BCUT2D eigenvalue weighted by atomic mass is 10.2. The van der Waals surface area contributed by atoms with Gasteiger partial charge >= 0.3 is 0 Å². The molecule has 0 unspecified atom stereocenters. The number of imidazole rings is 1. The van der Waals surface area contributed by atoms with Crippen LogP contribution >= 0.6 is 0 Å². The molecule has 138 valence electrons. The Kier molecular flexibility index (Phi) is 4.45. The summed E-state index contributed by atoms with van der Waals surface area (Å²) in [5.74, 6) is 0.493. The number of nitrogens with one attached hydrogen (secondary N) is 1. The van der Waals surface area contributed by atoms with Gasteiger partial charge < -0.3 is 19.2 Å². The normalized spacial score (nSPS) is 13.7. The molecule has 1 aliphatic heterocycles. The maximum Gasteiger partial charge on any atom is 0.289 e. The summed E-state index contributed by atoms with van der Waals surface area (Å²) in [7, 11) is 0. The van der Waals surface area contributed by atoms with Gasteiger partial charge in [0, 0.05) is 19.3 Å². The molecule has 3 aromatic heterocycles. The van der Waals surface area contributed by atoms with E-state index in [1.165, 1.54) is 0 Å². The van der Waals surface area contributed by atoms with Crippen LogP contribution in [0.4, 0.5) is 5.69 Å². The van der Waals surface area contributed by atoms with E-state index >= 15 is 0 Å². The van der Waals surface area contributed by atoms with E-state index in [9.17, 15) is 9.59 Å². The topological polar surface area (TPSA) is 93.3 Å². The van der Waals surface area contributed by atoms with Gasteiger partial charge in [0.2, 0.25) is 0 Å². The van der Waals surface area contributed by atoms with Gasteiger partial charge in [-0.05, 0) is 37.6 Å². The van der Waals surface area contributed by atoms with Crippen molar-refractivity contribution in [3.05, 3.63) is 65.9 Å². The molecular weight excluding hydrogens is 346 g/mol. The summed E-state index contributed by atoms with van der Waals surface area (Å²) >= 11 is 0. The average molecular weight is 365 g/mol. The SMILES string of the molecule is Cc1ccc(C(=O)N2CCCn3cnc(C(=O)Nc4cccnc4)c3C2)o1. The molecule has 0 atom stereocenters. The Morgan fingerprint density at radius 2 is 2.11 bits per heavy atom. The smallest absolute Gasteiger partial charge is 0.289 e. The van der Waals surface area contributed by atoms with Crippen molar-refractivity contribution in [2.45, 2.75) is 26.4 Å². The summed E-state index contributed by atoms with van der Waals surface area (Å²) in [4.78, 5) is 35.4. The molecule has 1 N–H and O–H groups in total.